The Morgan fingerprint density at radius 2 is 2.00 bits per heavy atom. The highest BCUT2D eigenvalue weighted by Gasteiger charge is 2.07. The summed E-state index contributed by atoms with van der Waals surface area (Å²) in [5.74, 6) is 0.353. The van der Waals surface area contributed by atoms with Gasteiger partial charge in [-0.25, -0.2) is 4.39 Å². The fourth-order valence-corrected chi connectivity index (χ4v) is 2.30. The molecule has 2 nitrogen and oxygen atoms in total. The van der Waals surface area contributed by atoms with Gasteiger partial charge < -0.3 is 4.74 Å². The molecule has 0 saturated heterocycles. The third-order valence-electron chi connectivity index (χ3n) is 2.92. The SMILES string of the molecule is Cc1ccc(OCc2cc(C#N)ccc2F)c(CBr)c1. The third kappa shape index (κ3) is 3.37. The zero-order chi connectivity index (χ0) is 14.5. The topological polar surface area (TPSA) is 33.0 Å². The molecule has 0 aromatic heterocycles. The predicted molar refractivity (Wildman–Crippen MR) is 79.3 cm³/mol. The summed E-state index contributed by atoms with van der Waals surface area (Å²) >= 11 is 3.41. The van der Waals surface area contributed by atoms with Crippen LogP contribution in [0.1, 0.15) is 22.3 Å². The molecule has 0 aliphatic carbocycles. The summed E-state index contributed by atoms with van der Waals surface area (Å²) in [6.45, 7) is 2.11. The van der Waals surface area contributed by atoms with E-state index < -0.39 is 0 Å². The lowest BCUT2D eigenvalue weighted by molar-refractivity contribution is 0.297. The molecular formula is C16H13BrFNO. The first-order chi connectivity index (χ1) is 9.63. The van der Waals surface area contributed by atoms with Crippen LogP contribution in [0.5, 0.6) is 5.75 Å². The fraction of sp³-hybridized carbons (Fsp3) is 0.188. The smallest absolute Gasteiger partial charge is 0.129 e. The summed E-state index contributed by atoms with van der Waals surface area (Å²) in [5.41, 5.74) is 2.96. The van der Waals surface area contributed by atoms with E-state index in [1.165, 1.54) is 18.2 Å². The summed E-state index contributed by atoms with van der Waals surface area (Å²) in [4.78, 5) is 0. The van der Waals surface area contributed by atoms with E-state index in [2.05, 4.69) is 15.9 Å². The van der Waals surface area contributed by atoms with Crippen molar-refractivity contribution in [3.8, 4) is 11.8 Å². The van der Waals surface area contributed by atoms with Crippen LogP contribution in [-0.4, -0.2) is 0 Å². The molecule has 0 radical (unpaired) electrons. The van der Waals surface area contributed by atoms with Crippen LogP contribution in [0.3, 0.4) is 0 Å². The molecule has 0 unspecified atom stereocenters. The van der Waals surface area contributed by atoms with Crippen molar-refractivity contribution in [2.45, 2.75) is 18.9 Å². The highest BCUT2D eigenvalue weighted by atomic mass is 79.9. The average Bonchev–Trinajstić information content (AvgIpc) is 2.47. The van der Waals surface area contributed by atoms with Gasteiger partial charge in [-0.3, -0.25) is 0 Å². The minimum Gasteiger partial charge on any atom is -0.488 e. The molecule has 0 saturated carbocycles. The summed E-state index contributed by atoms with van der Waals surface area (Å²) < 4.78 is 19.3. The van der Waals surface area contributed by atoms with Gasteiger partial charge in [0, 0.05) is 16.5 Å². The molecule has 0 aliphatic rings. The molecule has 0 spiro atoms. The molecule has 2 rings (SSSR count). The van der Waals surface area contributed by atoms with Crippen LogP contribution in [0, 0.1) is 24.1 Å². The Labute approximate surface area is 125 Å². The van der Waals surface area contributed by atoms with Gasteiger partial charge in [-0.05, 0) is 31.2 Å². The zero-order valence-electron chi connectivity index (χ0n) is 11.0. The summed E-state index contributed by atoms with van der Waals surface area (Å²) in [6.07, 6.45) is 0. The molecule has 4 heteroatoms. The van der Waals surface area contributed by atoms with Crippen LogP contribution in [0.25, 0.3) is 0 Å². The second kappa shape index (κ2) is 6.53. The standard InChI is InChI=1S/C16H13BrFNO/c1-11-2-5-16(13(6-11)8-17)20-10-14-7-12(9-19)3-4-15(14)18/h2-7H,8,10H2,1H3. The molecule has 0 fully saturated rings. The molecule has 2 aromatic carbocycles. The number of nitriles is 1. The molecule has 102 valence electrons. The van der Waals surface area contributed by atoms with E-state index >= 15 is 0 Å². The van der Waals surface area contributed by atoms with E-state index in [-0.39, 0.29) is 12.4 Å². The maximum atomic E-state index is 13.7. The Morgan fingerprint density at radius 3 is 2.70 bits per heavy atom. The number of hydrogen-bond acceptors (Lipinski definition) is 2. The van der Waals surface area contributed by atoms with E-state index in [1.807, 2.05) is 31.2 Å². The van der Waals surface area contributed by atoms with Gasteiger partial charge >= 0.3 is 0 Å². The van der Waals surface area contributed by atoms with E-state index in [4.69, 9.17) is 10.00 Å². The largest absolute Gasteiger partial charge is 0.488 e. The van der Waals surface area contributed by atoms with Crippen molar-refractivity contribution in [1.29, 1.82) is 5.26 Å². The molecule has 0 heterocycles. The number of hydrogen-bond donors (Lipinski definition) is 0. The van der Waals surface area contributed by atoms with Gasteiger partial charge in [0.05, 0.1) is 11.6 Å². The Morgan fingerprint density at radius 1 is 1.20 bits per heavy atom. The summed E-state index contributed by atoms with van der Waals surface area (Å²) in [7, 11) is 0. The van der Waals surface area contributed by atoms with Crippen LogP contribution in [0.15, 0.2) is 36.4 Å². The van der Waals surface area contributed by atoms with Crippen LogP contribution >= 0.6 is 15.9 Å². The normalized spacial score (nSPS) is 10.1. The minimum atomic E-state index is -0.364. The second-order valence-electron chi connectivity index (χ2n) is 4.45. The Kier molecular flexibility index (Phi) is 4.75. The van der Waals surface area contributed by atoms with Gasteiger partial charge in [-0.1, -0.05) is 33.6 Å². The van der Waals surface area contributed by atoms with Gasteiger partial charge in [0.15, 0.2) is 0 Å². The lowest BCUT2D eigenvalue weighted by atomic mass is 10.1. The average molecular weight is 334 g/mol. The Balaban J connectivity index is 2.19. The molecule has 0 amide bonds. The highest BCUT2D eigenvalue weighted by Crippen LogP contribution is 2.24. The van der Waals surface area contributed by atoms with Crippen molar-refractivity contribution in [3.63, 3.8) is 0 Å². The lowest BCUT2D eigenvalue weighted by Crippen LogP contribution is -2.01. The monoisotopic (exact) mass is 333 g/mol. The number of nitrogens with zero attached hydrogens (tertiary/aromatic N) is 1. The fourth-order valence-electron chi connectivity index (χ4n) is 1.86. The van der Waals surface area contributed by atoms with E-state index in [0.29, 0.717) is 22.2 Å². The van der Waals surface area contributed by atoms with Crippen LogP contribution in [0.2, 0.25) is 0 Å². The number of aryl methyl sites for hydroxylation is 1. The molecular weight excluding hydrogens is 321 g/mol. The number of alkyl halides is 1. The first kappa shape index (κ1) is 14.5. The maximum Gasteiger partial charge on any atom is 0.129 e. The second-order valence-corrected chi connectivity index (χ2v) is 5.01. The Hall–Kier alpha value is -1.86. The maximum absolute atomic E-state index is 13.7. The van der Waals surface area contributed by atoms with Crippen LogP contribution in [0.4, 0.5) is 4.39 Å². The Bertz CT molecular complexity index is 664. The number of rotatable bonds is 4. The first-order valence-corrected chi connectivity index (χ1v) is 7.23. The molecule has 2 aromatic rings. The van der Waals surface area contributed by atoms with Gasteiger partial charge in [-0.15, -0.1) is 0 Å². The molecule has 0 aliphatic heterocycles. The van der Waals surface area contributed by atoms with Crippen molar-refractivity contribution >= 4 is 15.9 Å². The van der Waals surface area contributed by atoms with Gasteiger partial charge in [-0.2, -0.15) is 5.26 Å². The third-order valence-corrected chi connectivity index (χ3v) is 3.52. The first-order valence-electron chi connectivity index (χ1n) is 6.11. The van der Waals surface area contributed by atoms with Crippen LogP contribution in [-0.2, 0) is 11.9 Å². The number of benzene rings is 2. The highest BCUT2D eigenvalue weighted by molar-refractivity contribution is 9.08. The van der Waals surface area contributed by atoms with Crippen molar-refractivity contribution in [1.82, 2.24) is 0 Å². The number of halogens is 2. The molecule has 0 N–H and O–H groups in total. The van der Waals surface area contributed by atoms with E-state index in [9.17, 15) is 4.39 Å². The molecule has 0 atom stereocenters. The van der Waals surface area contributed by atoms with Crippen LogP contribution < -0.4 is 4.74 Å². The van der Waals surface area contributed by atoms with E-state index in [0.717, 1.165) is 11.1 Å². The summed E-state index contributed by atoms with van der Waals surface area (Å²) in [6, 6.07) is 12.1. The van der Waals surface area contributed by atoms with Crippen molar-refractivity contribution in [2.75, 3.05) is 0 Å². The van der Waals surface area contributed by atoms with Crippen molar-refractivity contribution in [3.05, 3.63) is 64.5 Å². The molecule has 0 bridgehead atoms. The number of ether oxygens (including phenoxy) is 1. The molecule has 20 heavy (non-hydrogen) atoms. The van der Waals surface area contributed by atoms with E-state index in [1.54, 1.807) is 0 Å². The zero-order valence-corrected chi connectivity index (χ0v) is 12.6. The quantitative estimate of drug-likeness (QED) is 0.773. The minimum absolute atomic E-state index is 0.102. The summed E-state index contributed by atoms with van der Waals surface area (Å²) in [5, 5.41) is 9.50. The van der Waals surface area contributed by atoms with Gasteiger partial charge in [0.25, 0.3) is 0 Å². The lowest BCUT2D eigenvalue weighted by Gasteiger charge is -2.11. The van der Waals surface area contributed by atoms with Crippen molar-refractivity contribution < 1.29 is 9.13 Å². The van der Waals surface area contributed by atoms with Gasteiger partial charge in [0.2, 0.25) is 0 Å². The van der Waals surface area contributed by atoms with Crippen molar-refractivity contribution in [2.24, 2.45) is 0 Å². The van der Waals surface area contributed by atoms with Gasteiger partial charge in [0.1, 0.15) is 18.2 Å². The predicted octanol–water partition coefficient (Wildman–Crippen LogP) is 4.48.